The second kappa shape index (κ2) is 6.35. The van der Waals surface area contributed by atoms with Crippen LogP contribution in [-0.4, -0.2) is 43.6 Å². The van der Waals surface area contributed by atoms with Crippen molar-refractivity contribution >= 4 is 16.9 Å². The third-order valence-electron chi connectivity index (χ3n) is 5.01. The van der Waals surface area contributed by atoms with Gasteiger partial charge in [-0.3, -0.25) is 9.48 Å². The van der Waals surface area contributed by atoms with E-state index in [1.807, 2.05) is 42.3 Å². The zero-order chi connectivity index (χ0) is 17.4. The predicted molar refractivity (Wildman–Crippen MR) is 96.6 cm³/mol. The Hall–Kier alpha value is -2.63. The maximum absolute atomic E-state index is 12.9. The van der Waals surface area contributed by atoms with Crippen LogP contribution in [0.4, 0.5) is 0 Å². The SMILES string of the molecule is CCc1cc(C(=O)N2CCCC(c3nc4ccccc4[nH]3)C2)n(C)n1. The molecule has 0 radical (unpaired) electrons. The normalized spacial score (nSPS) is 18.0. The maximum Gasteiger partial charge on any atom is 0.272 e. The summed E-state index contributed by atoms with van der Waals surface area (Å²) in [5.74, 6) is 1.30. The molecule has 2 aromatic heterocycles. The number of nitrogens with zero attached hydrogens (tertiary/aromatic N) is 4. The Morgan fingerprint density at radius 2 is 2.20 bits per heavy atom. The van der Waals surface area contributed by atoms with Crippen LogP contribution in [0.1, 0.15) is 47.7 Å². The number of hydrogen-bond acceptors (Lipinski definition) is 3. The zero-order valence-electron chi connectivity index (χ0n) is 14.7. The third-order valence-corrected chi connectivity index (χ3v) is 5.01. The first-order valence-electron chi connectivity index (χ1n) is 8.92. The van der Waals surface area contributed by atoms with Crippen LogP contribution < -0.4 is 0 Å². The largest absolute Gasteiger partial charge is 0.342 e. The summed E-state index contributed by atoms with van der Waals surface area (Å²) in [4.78, 5) is 23.0. The highest BCUT2D eigenvalue weighted by Crippen LogP contribution is 2.27. The fourth-order valence-corrected chi connectivity index (χ4v) is 3.61. The van der Waals surface area contributed by atoms with Crippen molar-refractivity contribution in [2.75, 3.05) is 13.1 Å². The number of imidazole rings is 1. The molecule has 25 heavy (non-hydrogen) atoms. The standard InChI is InChI=1S/C19H23N5O/c1-3-14-11-17(23(2)22-14)19(25)24-10-6-7-13(12-24)18-20-15-8-4-5-9-16(15)21-18/h4-5,8-9,11,13H,3,6-7,10,12H2,1-2H3,(H,20,21). The van der Waals surface area contributed by atoms with Crippen LogP contribution in [0.25, 0.3) is 11.0 Å². The zero-order valence-corrected chi connectivity index (χ0v) is 14.7. The van der Waals surface area contributed by atoms with Gasteiger partial charge >= 0.3 is 0 Å². The lowest BCUT2D eigenvalue weighted by Gasteiger charge is -2.31. The highest BCUT2D eigenvalue weighted by molar-refractivity contribution is 5.92. The molecule has 6 heteroatoms. The van der Waals surface area contributed by atoms with E-state index in [0.29, 0.717) is 12.2 Å². The number of rotatable bonds is 3. The van der Waals surface area contributed by atoms with Crippen molar-refractivity contribution in [2.24, 2.45) is 7.05 Å². The molecule has 1 N–H and O–H groups in total. The van der Waals surface area contributed by atoms with E-state index in [1.54, 1.807) is 4.68 Å². The number of carbonyl (C=O) groups excluding carboxylic acids is 1. The summed E-state index contributed by atoms with van der Waals surface area (Å²) in [6.45, 7) is 3.54. The molecule has 6 nitrogen and oxygen atoms in total. The lowest BCUT2D eigenvalue weighted by molar-refractivity contribution is 0.0693. The van der Waals surface area contributed by atoms with Crippen LogP contribution in [0.3, 0.4) is 0 Å². The molecule has 1 unspecified atom stereocenters. The van der Waals surface area contributed by atoms with E-state index in [4.69, 9.17) is 4.98 Å². The quantitative estimate of drug-likeness (QED) is 0.799. The van der Waals surface area contributed by atoms with Crippen LogP contribution in [0.2, 0.25) is 0 Å². The van der Waals surface area contributed by atoms with Gasteiger partial charge in [-0.25, -0.2) is 4.98 Å². The average molecular weight is 337 g/mol. The molecule has 1 atom stereocenters. The molecule has 4 rings (SSSR count). The topological polar surface area (TPSA) is 66.8 Å². The number of amides is 1. The number of carbonyl (C=O) groups is 1. The van der Waals surface area contributed by atoms with E-state index in [-0.39, 0.29) is 11.8 Å². The predicted octanol–water partition coefficient (Wildman–Crippen LogP) is 2.88. The van der Waals surface area contributed by atoms with Gasteiger partial charge < -0.3 is 9.88 Å². The number of H-pyrrole nitrogens is 1. The first-order chi connectivity index (χ1) is 12.2. The number of piperidine rings is 1. The molecule has 1 fully saturated rings. The van der Waals surface area contributed by atoms with Gasteiger partial charge in [0, 0.05) is 26.1 Å². The van der Waals surface area contributed by atoms with Gasteiger partial charge in [-0.1, -0.05) is 19.1 Å². The van der Waals surface area contributed by atoms with Crippen LogP contribution >= 0.6 is 0 Å². The monoisotopic (exact) mass is 337 g/mol. The van der Waals surface area contributed by atoms with Gasteiger partial charge in [0.15, 0.2) is 0 Å². The minimum Gasteiger partial charge on any atom is -0.342 e. The fraction of sp³-hybridized carbons (Fsp3) is 0.421. The summed E-state index contributed by atoms with van der Waals surface area (Å²) in [6.07, 6.45) is 2.88. The Kier molecular flexibility index (Phi) is 4.03. The van der Waals surface area contributed by atoms with Crippen molar-refractivity contribution in [3.05, 3.63) is 47.5 Å². The van der Waals surface area contributed by atoms with Crippen LogP contribution in [0.15, 0.2) is 30.3 Å². The van der Waals surface area contributed by atoms with Gasteiger partial charge in [0.2, 0.25) is 0 Å². The van der Waals surface area contributed by atoms with E-state index in [1.165, 1.54) is 0 Å². The number of likely N-dealkylation sites (tertiary alicyclic amines) is 1. The second-order valence-electron chi connectivity index (χ2n) is 6.73. The molecule has 3 aromatic rings. The van der Waals surface area contributed by atoms with E-state index in [0.717, 1.165) is 48.4 Å². The van der Waals surface area contributed by atoms with Crippen molar-refractivity contribution in [3.63, 3.8) is 0 Å². The number of aromatic amines is 1. The highest BCUT2D eigenvalue weighted by atomic mass is 16.2. The Labute approximate surface area is 146 Å². The van der Waals surface area contributed by atoms with E-state index in [9.17, 15) is 4.79 Å². The van der Waals surface area contributed by atoms with Gasteiger partial charge in [0.05, 0.1) is 16.7 Å². The minimum absolute atomic E-state index is 0.0653. The van der Waals surface area contributed by atoms with Crippen molar-refractivity contribution in [1.29, 1.82) is 0 Å². The van der Waals surface area contributed by atoms with E-state index < -0.39 is 0 Å². The van der Waals surface area contributed by atoms with Gasteiger partial charge in [-0.15, -0.1) is 0 Å². The average Bonchev–Trinajstić information content (AvgIpc) is 3.24. The number of hydrogen-bond donors (Lipinski definition) is 1. The van der Waals surface area contributed by atoms with Crippen molar-refractivity contribution in [3.8, 4) is 0 Å². The molecule has 1 aliphatic heterocycles. The summed E-state index contributed by atoms with van der Waals surface area (Å²) in [6, 6.07) is 9.97. The van der Waals surface area contributed by atoms with Crippen LogP contribution in [0, 0.1) is 0 Å². The number of aryl methyl sites for hydroxylation is 2. The Morgan fingerprint density at radius 1 is 1.36 bits per heavy atom. The van der Waals surface area contributed by atoms with E-state index >= 15 is 0 Å². The maximum atomic E-state index is 12.9. The van der Waals surface area contributed by atoms with Crippen LogP contribution in [0.5, 0.6) is 0 Å². The smallest absolute Gasteiger partial charge is 0.272 e. The molecule has 1 amide bonds. The summed E-state index contributed by atoms with van der Waals surface area (Å²) in [5.41, 5.74) is 3.67. The molecule has 0 spiro atoms. The van der Waals surface area contributed by atoms with Crippen molar-refractivity contribution in [1.82, 2.24) is 24.6 Å². The Balaban J connectivity index is 1.55. The fourth-order valence-electron chi connectivity index (χ4n) is 3.61. The number of para-hydroxylation sites is 2. The molecule has 0 saturated carbocycles. The van der Waals surface area contributed by atoms with Crippen molar-refractivity contribution < 1.29 is 4.79 Å². The number of fused-ring (bicyclic) bond motifs is 1. The lowest BCUT2D eigenvalue weighted by Crippen LogP contribution is -2.40. The second-order valence-corrected chi connectivity index (χ2v) is 6.73. The summed E-state index contributed by atoms with van der Waals surface area (Å²) >= 11 is 0. The highest BCUT2D eigenvalue weighted by Gasteiger charge is 2.28. The number of benzene rings is 1. The summed E-state index contributed by atoms with van der Waals surface area (Å²) in [5, 5.41) is 4.40. The molecule has 1 saturated heterocycles. The molecular formula is C19H23N5O. The molecule has 130 valence electrons. The first-order valence-corrected chi connectivity index (χ1v) is 8.92. The van der Waals surface area contributed by atoms with Gasteiger partial charge in [0.25, 0.3) is 5.91 Å². The molecule has 0 aliphatic carbocycles. The molecule has 1 aliphatic rings. The Morgan fingerprint density at radius 3 is 2.96 bits per heavy atom. The summed E-state index contributed by atoms with van der Waals surface area (Å²) in [7, 11) is 1.84. The third kappa shape index (κ3) is 2.92. The first kappa shape index (κ1) is 15.9. The van der Waals surface area contributed by atoms with Gasteiger partial charge in [-0.05, 0) is 37.5 Å². The van der Waals surface area contributed by atoms with Crippen molar-refractivity contribution in [2.45, 2.75) is 32.1 Å². The van der Waals surface area contributed by atoms with Crippen LogP contribution in [-0.2, 0) is 13.5 Å². The number of nitrogens with one attached hydrogen (secondary N) is 1. The number of aromatic nitrogens is 4. The summed E-state index contributed by atoms with van der Waals surface area (Å²) < 4.78 is 1.70. The molecule has 0 bridgehead atoms. The Bertz CT molecular complexity index is 877. The lowest BCUT2D eigenvalue weighted by atomic mass is 9.97. The molecular weight excluding hydrogens is 314 g/mol. The van der Waals surface area contributed by atoms with Gasteiger partial charge in [0.1, 0.15) is 11.5 Å². The molecule has 3 heterocycles. The van der Waals surface area contributed by atoms with E-state index in [2.05, 4.69) is 17.0 Å². The minimum atomic E-state index is 0.0653. The van der Waals surface area contributed by atoms with Gasteiger partial charge in [-0.2, -0.15) is 5.10 Å². The molecule has 1 aromatic carbocycles.